The van der Waals surface area contributed by atoms with Crippen molar-refractivity contribution >= 4 is 34.7 Å². The zero-order valence-electron chi connectivity index (χ0n) is 15.5. The molecule has 0 radical (unpaired) electrons. The highest BCUT2D eigenvalue weighted by Gasteiger charge is 2.41. The molecule has 0 fully saturated rings. The van der Waals surface area contributed by atoms with Crippen LogP contribution < -0.4 is 0 Å². The maximum atomic E-state index is 14.3. The number of esters is 1. The number of thiophene rings is 1. The Hall–Kier alpha value is -1.72. The van der Waals surface area contributed by atoms with Crippen LogP contribution in [-0.2, 0) is 15.4 Å². The molecule has 0 spiro atoms. The number of benzene rings is 1. The molecule has 0 aliphatic heterocycles. The molecular weight excluding hydrogens is 375 g/mol. The molecule has 1 aromatic carbocycles. The molecule has 0 N–H and O–H groups in total. The minimum absolute atomic E-state index is 0.0651. The van der Waals surface area contributed by atoms with E-state index in [0.717, 1.165) is 28.0 Å². The molecule has 0 aliphatic rings. The summed E-state index contributed by atoms with van der Waals surface area (Å²) >= 11 is 7.11. The summed E-state index contributed by atoms with van der Waals surface area (Å²) in [5, 5.41) is 0. The largest absolute Gasteiger partial charge is 0.469 e. The molecule has 1 aromatic heterocycles. The summed E-state index contributed by atoms with van der Waals surface area (Å²) in [7, 11) is 1.33. The first-order valence-electron chi connectivity index (χ1n) is 8.17. The van der Waals surface area contributed by atoms with Crippen LogP contribution in [0.15, 0.2) is 24.3 Å². The third kappa shape index (κ3) is 3.84. The Labute approximate surface area is 162 Å². The van der Waals surface area contributed by atoms with Gasteiger partial charge in [-0.3, -0.25) is 9.59 Å². The van der Waals surface area contributed by atoms with E-state index in [0.29, 0.717) is 10.8 Å². The molecule has 1 atom stereocenters. The minimum atomic E-state index is -0.959. The van der Waals surface area contributed by atoms with Crippen LogP contribution >= 0.6 is 22.9 Å². The molecule has 1 unspecified atom stereocenters. The van der Waals surface area contributed by atoms with Crippen molar-refractivity contribution in [3.8, 4) is 0 Å². The average Bonchev–Trinajstić information content (AvgIpc) is 2.96. The fraction of sp³-hybridized carbons (Fsp3) is 0.400. The van der Waals surface area contributed by atoms with E-state index >= 15 is 0 Å². The van der Waals surface area contributed by atoms with E-state index in [9.17, 15) is 14.0 Å². The molecule has 3 nitrogen and oxygen atoms in total. The van der Waals surface area contributed by atoms with Gasteiger partial charge in [0, 0.05) is 23.6 Å². The van der Waals surface area contributed by atoms with Gasteiger partial charge in [0.15, 0.2) is 5.78 Å². The van der Waals surface area contributed by atoms with Crippen molar-refractivity contribution in [2.45, 2.75) is 39.5 Å². The van der Waals surface area contributed by atoms with Crippen LogP contribution in [0, 0.1) is 18.2 Å². The maximum absolute atomic E-state index is 14.3. The lowest BCUT2D eigenvalue weighted by Crippen LogP contribution is -2.33. The Bertz CT molecular complexity index is 842. The van der Waals surface area contributed by atoms with Gasteiger partial charge in [-0.2, -0.15) is 0 Å². The van der Waals surface area contributed by atoms with Gasteiger partial charge in [0.1, 0.15) is 10.7 Å². The van der Waals surface area contributed by atoms with E-state index < -0.39 is 23.1 Å². The van der Waals surface area contributed by atoms with Crippen molar-refractivity contribution < 1.29 is 18.7 Å². The average molecular weight is 397 g/mol. The summed E-state index contributed by atoms with van der Waals surface area (Å²) in [6.45, 7) is 6.81. The first kappa shape index (κ1) is 20.6. The summed E-state index contributed by atoms with van der Waals surface area (Å²) in [5.74, 6) is -1.44. The number of halogens is 2. The maximum Gasteiger partial charge on any atom is 0.312 e. The number of ketones is 1. The number of methoxy groups -OCH3 is 1. The normalized spacial score (nSPS) is 12.7. The summed E-state index contributed by atoms with van der Waals surface area (Å²) in [4.78, 5) is 24.8. The van der Waals surface area contributed by atoms with Crippen LogP contribution in [0.1, 0.15) is 57.9 Å². The SMILES string of the molecule is COC(=O)C(C)(C)C(c1ccc(C)c(CCl)c1)c1cc(F)c(C(C)=O)s1. The van der Waals surface area contributed by atoms with Crippen LogP contribution in [0.25, 0.3) is 0 Å². The van der Waals surface area contributed by atoms with Gasteiger partial charge < -0.3 is 4.74 Å². The Morgan fingerprint density at radius 3 is 2.46 bits per heavy atom. The van der Waals surface area contributed by atoms with Crippen LogP contribution in [0.5, 0.6) is 0 Å². The highest BCUT2D eigenvalue weighted by Crippen LogP contribution is 2.45. The van der Waals surface area contributed by atoms with Crippen molar-refractivity contribution in [1.82, 2.24) is 0 Å². The first-order chi connectivity index (χ1) is 12.1. The number of hydrogen-bond acceptors (Lipinski definition) is 4. The third-order valence-corrected chi connectivity index (χ3v) is 6.16. The van der Waals surface area contributed by atoms with Gasteiger partial charge in [-0.05, 0) is 43.5 Å². The minimum Gasteiger partial charge on any atom is -0.469 e. The molecule has 0 aliphatic carbocycles. The molecule has 6 heteroatoms. The van der Waals surface area contributed by atoms with Crippen molar-refractivity contribution in [2.75, 3.05) is 7.11 Å². The highest BCUT2D eigenvalue weighted by molar-refractivity contribution is 7.14. The molecule has 0 saturated heterocycles. The second-order valence-electron chi connectivity index (χ2n) is 6.85. The van der Waals surface area contributed by atoms with E-state index in [1.807, 2.05) is 25.1 Å². The number of ether oxygens (including phenoxy) is 1. The number of Topliss-reactive ketones (excluding diaryl/α,β-unsaturated/α-hetero) is 1. The summed E-state index contributed by atoms with van der Waals surface area (Å²) in [6, 6.07) is 7.12. The van der Waals surface area contributed by atoms with E-state index in [1.165, 1.54) is 20.1 Å². The standard InChI is InChI=1S/C20H22ClFO3S/c1-11-6-7-13(8-14(11)10-21)17(20(3,4)19(24)25-5)16-9-15(22)18(26-16)12(2)23/h6-9,17H,10H2,1-5H3. The number of aryl methyl sites for hydroxylation is 1. The number of hydrogen-bond donors (Lipinski definition) is 0. The molecule has 2 rings (SSSR count). The van der Waals surface area contributed by atoms with Gasteiger partial charge in [0.25, 0.3) is 0 Å². The van der Waals surface area contributed by atoms with Gasteiger partial charge in [-0.1, -0.05) is 18.2 Å². The van der Waals surface area contributed by atoms with E-state index in [2.05, 4.69) is 0 Å². The Morgan fingerprint density at radius 2 is 1.96 bits per heavy atom. The summed E-state index contributed by atoms with van der Waals surface area (Å²) in [6.07, 6.45) is 0. The molecule has 2 aromatic rings. The van der Waals surface area contributed by atoms with E-state index in [4.69, 9.17) is 16.3 Å². The van der Waals surface area contributed by atoms with Crippen molar-refractivity contribution in [3.63, 3.8) is 0 Å². The van der Waals surface area contributed by atoms with Gasteiger partial charge in [-0.25, -0.2) is 4.39 Å². The predicted octanol–water partition coefficient (Wildman–Crippen LogP) is 5.47. The lowest BCUT2D eigenvalue weighted by atomic mass is 9.73. The highest BCUT2D eigenvalue weighted by atomic mass is 35.5. The molecule has 0 saturated carbocycles. The van der Waals surface area contributed by atoms with Gasteiger partial charge in [-0.15, -0.1) is 22.9 Å². The fourth-order valence-electron chi connectivity index (χ4n) is 3.10. The van der Waals surface area contributed by atoms with Crippen molar-refractivity contribution in [2.24, 2.45) is 5.41 Å². The summed E-state index contributed by atoms with van der Waals surface area (Å²) in [5.41, 5.74) is 1.86. The molecule has 0 amide bonds. The molecule has 140 valence electrons. The van der Waals surface area contributed by atoms with Crippen LogP contribution in [0.3, 0.4) is 0 Å². The first-order valence-corrected chi connectivity index (χ1v) is 9.52. The molecule has 26 heavy (non-hydrogen) atoms. The Balaban J connectivity index is 2.69. The van der Waals surface area contributed by atoms with Crippen LogP contribution in [0.4, 0.5) is 4.39 Å². The molecule has 1 heterocycles. The lowest BCUT2D eigenvalue weighted by Gasteiger charge is -2.32. The quantitative estimate of drug-likeness (QED) is 0.369. The number of rotatable bonds is 6. The Kier molecular flexibility index (Phi) is 6.25. The zero-order chi connectivity index (χ0) is 19.6. The smallest absolute Gasteiger partial charge is 0.312 e. The van der Waals surface area contributed by atoms with Crippen molar-refractivity contribution in [3.05, 3.63) is 56.5 Å². The van der Waals surface area contributed by atoms with Crippen molar-refractivity contribution in [1.29, 1.82) is 0 Å². The van der Waals surface area contributed by atoms with E-state index in [-0.39, 0.29) is 10.7 Å². The molecule has 0 bridgehead atoms. The van der Waals surface area contributed by atoms with Gasteiger partial charge in [0.2, 0.25) is 0 Å². The molecular formula is C20H22ClFO3S. The second-order valence-corrected chi connectivity index (χ2v) is 8.20. The number of carbonyl (C=O) groups is 2. The monoisotopic (exact) mass is 396 g/mol. The van der Waals surface area contributed by atoms with E-state index in [1.54, 1.807) is 13.8 Å². The van der Waals surface area contributed by atoms with Gasteiger partial charge in [0.05, 0.1) is 12.5 Å². The topological polar surface area (TPSA) is 43.4 Å². The van der Waals surface area contributed by atoms with Crippen LogP contribution in [-0.4, -0.2) is 18.9 Å². The predicted molar refractivity (Wildman–Crippen MR) is 103 cm³/mol. The zero-order valence-corrected chi connectivity index (χ0v) is 17.1. The Morgan fingerprint density at radius 1 is 1.31 bits per heavy atom. The number of carbonyl (C=O) groups excluding carboxylic acids is 2. The summed E-state index contributed by atoms with van der Waals surface area (Å²) < 4.78 is 19.3. The van der Waals surface area contributed by atoms with Gasteiger partial charge >= 0.3 is 5.97 Å². The second kappa shape index (κ2) is 7.89. The van der Waals surface area contributed by atoms with Crippen LogP contribution in [0.2, 0.25) is 0 Å². The fourth-order valence-corrected chi connectivity index (χ4v) is 4.64. The number of alkyl halides is 1. The third-order valence-electron chi connectivity index (χ3n) is 4.59. The lowest BCUT2D eigenvalue weighted by molar-refractivity contribution is -0.151.